The van der Waals surface area contributed by atoms with Crippen LogP contribution in [0.15, 0.2) is 24.1 Å². The van der Waals surface area contributed by atoms with Crippen molar-refractivity contribution >= 4 is 17.2 Å². The largest absolute Gasteiger partial charge is 0.337 e. The highest BCUT2D eigenvalue weighted by atomic mass is 32.1. The van der Waals surface area contributed by atoms with Crippen LogP contribution in [0.25, 0.3) is 0 Å². The monoisotopic (exact) mass is 315 g/mol. The molecular weight excluding hydrogens is 294 g/mol. The highest BCUT2D eigenvalue weighted by Gasteiger charge is 2.28. The number of aryl methyl sites for hydroxylation is 1. The van der Waals surface area contributed by atoms with Crippen LogP contribution in [0, 0.1) is 0 Å². The number of nitrogens with zero attached hydrogens (tertiary/aromatic N) is 3. The molecule has 0 aromatic carbocycles. The van der Waals surface area contributed by atoms with E-state index >= 15 is 0 Å². The van der Waals surface area contributed by atoms with E-state index in [0.717, 1.165) is 44.3 Å². The third kappa shape index (κ3) is 2.47. The molecule has 0 radical (unpaired) electrons. The van der Waals surface area contributed by atoms with Gasteiger partial charge in [-0.2, -0.15) is 0 Å². The van der Waals surface area contributed by atoms with Gasteiger partial charge in [-0.3, -0.25) is 4.79 Å². The highest BCUT2D eigenvalue weighted by Crippen LogP contribution is 2.32. The molecule has 0 unspecified atom stereocenters. The average Bonchev–Trinajstić information content (AvgIpc) is 3.24. The van der Waals surface area contributed by atoms with Crippen LogP contribution in [0.5, 0.6) is 0 Å². The van der Waals surface area contributed by atoms with E-state index < -0.39 is 0 Å². The third-order valence-electron chi connectivity index (χ3n) is 4.92. The zero-order chi connectivity index (χ0) is 14.9. The Morgan fingerprint density at radius 2 is 2.18 bits per heavy atom. The summed E-state index contributed by atoms with van der Waals surface area (Å²) in [6.45, 7) is 1.69. The second kappa shape index (κ2) is 5.88. The molecule has 2 aromatic heterocycles. The molecule has 1 amide bonds. The summed E-state index contributed by atoms with van der Waals surface area (Å²) < 4.78 is 2.14. The van der Waals surface area contributed by atoms with Crippen molar-refractivity contribution in [2.24, 2.45) is 0 Å². The van der Waals surface area contributed by atoms with E-state index in [1.54, 1.807) is 11.3 Å². The van der Waals surface area contributed by atoms with Gasteiger partial charge in [0.15, 0.2) is 0 Å². The molecule has 2 aromatic rings. The fourth-order valence-corrected chi connectivity index (χ4v) is 4.83. The van der Waals surface area contributed by atoms with Gasteiger partial charge in [0.1, 0.15) is 0 Å². The van der Waals surface area contributed by atoms with Gasteiger partial charge in [-0.05, 0) is 44.1 Å². The normalized spacial score (nSPS) is 21.6. The Hall–Kier alpha value is -1.62. The summed E-state index contributed by atoms with van der Waals surface area (Å²) in [4.78, 5) is 20.6. The van der Waals surface area contributed by atoms with Crippen molar-refractivity contribution < 1.29 is 4.79 Å². The minimum absolute atomic E-state index is 0.240. The van der Waals surface area contributed by atoms with Crippen molar-refractivity contribution in [2.75, 3.05) is 13.1 Å². The number of hydrogen-bond acceptors (Lipinski definition) is 3. The Morgan fingerprint density at radius 1 is 1.27 bits per heavy atom. The number of carbonyl (C=O) groups is 1. The summed E-state index contributed by atoms with van der Waals surface area (Å²) in [6.07, 6.45) is 12.6. The minimum atomic E-state index is 0.240. The lowest BCUT2D eigenvalue weighted by Crippen LogP contribution is -2.40. The summed E-state index contributed by atoms with van der Waals surface area (Å²) >= 11 is 1.78. The first-order chi connectivity index (χ1) is 10.8. The molecule has 1 aliphatic heterocycles. The fraction of sp³-hybridized carbons (Fsp3) is 0.529. The van der Waals surface area contributed by atoms with E-state index in [1.165, 1.54) is 23.3 Å². The van der Waals surface area contributed by atoms with Gasteiger partial charge >= 0.3 is 0 Å². The van der Waals surface area contributed by atoms with Crippen LogP contribution in [-0.4, -0.2) is 33.4 Å². The quantitative estimate of drug-likeness (QED) is 0.853. The van der Waals surface area contributed by atoms with Gasteiger partial charge in [0.2, 0.25) is 0 Å². The highest BCUT2D eigenvalue weighted by molar-refractivity contribution is 7.10. The summed E-state index contributed by atoms with van der Waals surface area (Å²) in [7, 11) is 0. The van der Waals surface area contributed by atoms with Crippen LogP contribution < -0.4 is 0 Å². The number of rotatable bonds is 2. The molecule has 4 rings (SSSR count). The minimum Gasteiger partial charge on any atom is -0.337 e. The SMILES string of the molecule is O=C(c1csc2c1CCCC2)N1CCC[C@H](n2ccnc2)C1. The third-order valence-corrected chi connectivity index (χ3v) is 6.01. The molecule has 3 heterocycles. The second-order valence-corrected chi connectivity index (χ2v) is 7.28. The zero-order valence-electron chi connectivity index (χ0n) is 12.7. The predicted molar refractivity (Wildman–Crippen MR) is 87.4 cm³/mol. The van der Waals surface area contributed by atoms with E-state index in [4.69, 9.17) is 0 Å². The van der Waals surface area contributed by atoms with Crippen LogP contribution in [0.1, 0.15) is 52.5 Å². The fourth-order valence-electron chi connectivity index (χ4n) is 3.71. The van der Waals surface area contributed by atoms with Gasteiger partial charge in [0, 0.05) is 35.7 Å². The van der Waals surface area contributed by atoms with E-state index in [-0.39, 0.29) is 5.91 Å². The lowest BCUT2D eigenvalue weighted by atomic mass is 9.95. The predicted octanol–water partition coefficient (Wildman–Crippen LogP) is 3.30. The van der Waals surface area contributed by atoms with Crippen LogP contribution in [-0.2, 0) is 12.8 Å². The first kappa shape index (κ1) is 14.0. The second-order valence-electron chi connectivity index (χ2n) is 6.32. The van der Waals surface area contributed by atoms with Crippen LogP contribution in [0.4, 0.5) is 0 Å². The Bertz CT molecular complexity index is 662. The lowest BCUT2D eigenvalue weighted by molar-refractivity contribution is 0.0678. The van der Waals surface area contributed by atoms with Gasteiger partial charge < -0.3 is 9.47 Å². The van der Waals surface area contributed by atoms with Gasteiger partial charge in [-0.15, -0.1) is 11.3 Å². The Kier molecular flexibility index (Phi) is 3.74. The molecule has 2 aliphatic rings. The number of aromatic nitrogens is 2. The molecule has 0 spiro atoms. The van der Waals surface area contributed by atoms with Crippen molar-refractivity contribution in [2.45, 2.75) is 44.6 Å². The summed E-state index contributed by atoms with van der Waals surface area (Å²) in [6, 6.07) is 0.370. The first-order valence-corrected chi connectivity index (χ1v) is 9.07. The maximum Gasteiger partial charge on any atom is 0.255 e. The molecule has 0 saturated carbocycles. The zero-order valence-corrected chi connectivity index (χ0v) is 13.5. The number of hydrogen-bond donors (Lipinski definition) is 0. The number of carbonyl (C=O) groups excluding carboxylic acids is 1. The number of amides is 1. The Labute approximate surface area is 134 Å². The number of thiophene rings is 1. The topological polar surface area (TPSA) is 38.1 Å². The van der Waals surface area contributed by atoms with Crippen LogP contribution >= 0.6 is 11.3 Å². The van der Waals surface area contributed by atoms with Crippen molar-refractivity contribution in [3.05, 3.63) is 40.1 Å². The Morgan fingerprint density at radius 3 is 3.05 bits per heavy atom. The maximum absolute atomic E-state index is 13.0. The van der Waals surface area contributed by atoms with Crippen LogP contribution in [0.3, 0.4) is 0 Å². The average molecular weight is 315 g/mol. The van der Waals surface area contributed by atoms with Gasteiger partial charge in [-0.25, -0.2) is 4.98 Å². The number of likely N-dealkylation sites (tertiary alicyclic amines) is 1. The molecule has 1 fully saturated rings. The number of fused-ring (bicyclic) bond motifs is 1. The van der Waals surface area contributed by atoms with E-state index in [9.17, 15) is 4.79 Å². The summed E-state index contributed by atoms with van der Waals surface area (Å²) in [5.74, 6) is 0.240. The molecule has 0 N–H and O–H groups in total. The van der Waals surface area contributed by atoms with Crippen molar-refractivity contribution in [3.8, 4) is 0 Å². The van der Waals surface area contributed by atoms with Gasteiger partial charge in [0.05, 0.1) is 17.9 Å². The van der Waals surface area contributed by atoms with Gasteiger partial charge in [-0.1, -0.05) is 0 Å². The van der Waals surface area contributed by atoms with E-state index in [1.807, 2.05) is 23.6 Å². The summed E-state index contributed by atoms with van der Waals surface area (Å²) in [5.41, 5.74) is 2.32. The molecule has 116 valence electrons. The number of piperidine rings is 1. The summed E-state index contributed by atoms with van der Waals surface area (Å²) in [5, 5.41) is 2.10. The molecule has 1 aliphatic carbocycles. The molecule has 1 saturated heterocycles. The molecule has 1 atom stereocenters. The lowest BCUT2D eigenvalue weighted by Gasteiger charge is -2.33. The molecule has 5 heteroatoms. The van der Waals surface area contributed by atoms with Crippen LogP contribution in [0.2, 0.25) is 0 Å². The molecule has 4 nitrogen and oxygen atoms in total. The molecular formula is C17H21N3OS. The number of imidazole rings is 1. The van der Waals surface area contributed by atoms with Crippen molar-refractivity contribution in [1.82, 2.24) is 14.5 Å². The smallest absolute Gasteiger partial charge is 0.255 e. The standard InChI is InChI=1S/C17H21N3OS/c21-17(15-11-22-16-6-2-1-5-14(15)16)19-8-3-4-13(10-19)20-9-7-18-12-20/h7,9,11-13H,1-6,8,10H2/t13-/m0/s1. The van der Waals surface area contributed by atoms with Crippen molar-refractivity contribution in [3.63, 3.8) is 0 Å². The van der Waals surface area contributed by atoms with Crippen molar-refractivity contribution in [1.29, 1.82) is 0 Å². The Balaban J connectivity index is 1.54. The van der Waals surface area contributed by atoms with E-state index in [0.29, 0.717) is 6.04 Å². The van der Waals surface area contributed by atoms with E-state index in [2.05, 4.69) is 14.9 Å². The van der Waals surface area contributed by atoms with Gasteiger partial charge in [0.25, 0.3) is 5.91 Å². The maximum atomic E-state index is 13.0. The molecule has 22 heavy (non-hydrogen) atoms. The molecule has 0 bridgehead atoms. The first-order valence-electron chi connectivity index (χ1n) is 8.19.